The molecule has 82 valence electrons. The molecule has 16 heavy (non-hydrogen) atoms. The maximum absolute atomic E-state index is 13.0. The molecule has 1 heterocycles. The number of nitrogens with two attached hydrogens (primary N) is 1. The van der Waals surface area contributed by atoms with Gasteiger partial charge in [0.25, 0.3) is 0 Å². The van der Waals surface area contributed by atoms with E-state index in [4.69, 9.17) is 5.73 Å². The summed E-state index contributed by atoms with van der Waals surface area (Å²) in [5.74, 6) is -1.88. The Morgan fingerprint density at radius 2 is 1.81 bits per heavy atom. The first-order chi connectivity index (χ1) is 7.61. The van der Waals surface area contributed by atoms with Crippen LogP contribution in [0.1, 0.15) is 0 Å². The lowest BCUT2D eigenvalue weighted by Crippen LogP contribution is -2.37. The van der Waals surface area contributed by atoms with Gasteiger partial charge < -0.3 is 5.73 Å². The third-order valence-electron chi connectivity index (χ3n) is 3.15. The van der Waals surface area contributed by atoms with Crippen molar-refractivity contribution in [2.45, 2.75) is 6.04 Å². The molecule has 1 saturated carbocycles. The van der Waals surface area contributed by atoms with Crippen molar-refractivity contribution in [2.75, 3.05) is 4.90 Å². The van der Waals surface area contributed by atoms with Gasteiger partial charge in [-0.1, -0.05) is 6.07 Å². The zero-order valence-corrected chi connectivity index (χ0v) is 8.26. The third kappa shape index (κ3) is 1.06. The van der Waals surface area contributed by atoms with Crippen LogP contribution in [-0.4, -0.2) is 17.9 Å². The summed E-state index contributed by atoms with van der Waals surface area (Å²) < 4.78 is 13.0. The topological polar surface area (TPSA) is 63.4 Å². The number of nitrogens with zero attached hydrogens (tertiary/aromatic N) is 1. The largest absolute Gasteiger partial charge is 0.326 e. The van der Waals surface area contributed by atoms with Gasteiger partial charge in [0.1, 0.15) is 5.82 Å². The van der Waals surface area contributed by atoms with Crippen molar-refractivity contribution in [3.05, 3.63) is 30.1 Å². The smallest absolute Gasteiger partial charge is 0.239 e. The first kappa shape index (κ1) is 9.47. The molecule has 2 unspecified atom stereocenters. The van der Waals surface area contributed by atoms with E-state index in [2.05, 4.69) is 0 Å². The Morgan fingerprint density at radius 3 is 2.38 bits per heavy atom. The van der Waals surface area contributed by atoms with Gasteiger partial charge in [0.2, 0.25) is 11.8 Å². The monoisotopic (exact) mass is 220 g/mol. The van der Waals surface area contributed by atoms with Gasteiger partial charge in [-0.05, 0) is 18.2 Å². The third-order valence-corrected chi connectivity index (χ3v) is 3.15. The van der Waals surface area contributed by atoms with E-state index in [1.165, 1.54) is 24.3 Å². The second-order valence-electron chi connectivity index (χ2n) is 4.12. The summed E-state index contributed by atoms with van der Waals surface area (Å²) in [7, 11) is 0. The lowest BCUT2D eigenvalue weighted by atomic mass is 10.2. The van der Waals surface area contributed by atoms with Crippen molar-refractivity contribution in [1.29, 1.82) is 0 Å². The summed E-state index contributed by atoms with van der Waals surface area (Å²) in [4.78, 5) is 24.6. The Bertz CT molecular complexity index is 481. The standard InChI is InChI=1S/C11H9FN2O2/c12-5-2-1-3-6(4-5)14-10(15)7-8(9(7)13)11(14)16/h1-4,7-9H,13H2. The van der Waals surface area contributed by atoms with E-state index in [1.54, 1.807) is 0 Å². The first-order valence-corrected chi connectivity index (χ1v) is 5.00. The van der Waals surface area contributed by atoms with Crippen LogP contribution < -0.4 is 10.6 Å². The van der Waals surface area contributed by atoms with Gasteiger partial charge in [-0.15, -0.1) is 0 Å². The number of hydrogen-bond acceptors (Lipinski definition) is 3. The number of benzene rings is 1. The zero-order chi connectivity index (χ0) is 11.4. The van der Waals surface area contributed by atoms with Crippen LogP contribution in [0, 0.1) is 17.7 Å². The number of halogens is 1. The quantitative estimate of drug-likeness (QED) is 0.691. The molecular weight excluding hydrogens is 211 g/mol. The molecule has 1 aromatic rings. The summed E-state index contributed by atoms with van der Waals surface area (Å²) >= 11 is 0. The fourth-order valence-electron chi connectivity index (χ4n) is 2.25. The Balaban J connectivity index is 1.98. The summed E-state index contributed by atoms with van der Waals surface area (Å²) in [6.45, 7) is 0. The van der Waals surface area contributed by atoms with Crippen LogP contribution in [0.5, 0.6) is 0 Å². The molecule has 0 bridgehead atoms. The average Bonchev–Trinajstić information content (AvgIpc) is 2.81. The molecule has 0 aromatic heterocycles. The fourth-order valence-corrected chi connectivity index (χ4v) is 2.25. The van der Waals surface area contributed by atoms with Crippen molar-refractivity contribution < 1.29 is 14.0 Å². The minimum atomic E-state index is -0.469. The van der Waals surface area contributed by atoms with Crippen LogP contribution in [0.15, 0.2) is 24.3 Å². The Hall–Kier alpha value is -1.75. The predicted molar refractivity (Wildman–Crippen MR) is 53.8 cm³/mol. The number of imide groups is 1. The van der Waals surface area contributed by atoms with Gasteiger partial charge in [-0.3, -0.25) is 9.59 Å². The summed E-state index contributed by atoms with van der Waals surface area (Å²) in [5, 5.41) is 0. The summed E-state index contributed by atoms with van der Waals surface area (Å²) in [6, 6.07) is 5.10. The molecule has 5 heteroatoms. The van der Waals surface area contributed by atoms with Crippen molar-refractivity contribution >= 4 is 17.5 Å². The lowest BCUT2D eigenvalue weighted by Gasteiger charge is -2.17. The van der Waals surface area contributed by atoms with E-state index in [0.29, 0.717) is 0 Å². The van der Waals surface area contributed by atoms with Crippen molar-refractivity contribution in [1.82, 2.24) is 0 Å². The zero-order valence-electron chi connectivity index (χ0n) is 8.26. The summed E-state index contributed by atoms with van der Waals surface area (Å²) in [5.41, 5.74) is 5.87. The molecule has 1 saturated heterocycles. The second kappa shape index (κ2) is 2.89. The van der Waals surface area contributed by atoms with Crippen LogP contribution in [0.4, 0.5) is 10.1 Å². The normalized spacial score (nSPS) is 31.9. The molecule has 0 spiro atoms. The predicted octanol–water partition coefficient (Wildman–Crippen LogP) is 0.272. The van der Waals surface area contributed by atoms with Gasteiger partial charge in [0.05, 0.1) is 17.5 Å². The molecule has 3 rings (SSSR count). The number of fused-ring (bicyclic) bond motifs is 1. The van der Waals surface area contributed by atoms with Gasteiger partial charge in [-0.2, -0.15) is 0 Å². The second-order valence-corrected chi connectivity index (χ2v) is 4.12. The number of carbonyl (C=O) groups is 2. The molecule has 0 radical (unpaired) electrons. The first-order valence-electron chi connectivity index (χ1n) is 5.00. The van der Waals surface area contributed by atoms with Crippen LogP contribution in [-0.2, 0) is 9.59 Å². The maximum Gasteiger partial charge on any atom is 0.239 e. The highest BCUT2D eigenvalue weighted by molar-refractivity contribution is 6.25. The highest BCUT2D eigenvalue weighted by Crippen LogP contribution is 2.47. The summed E-state index contributed by atoms with van der Waals surface area (Å²) in [6.07, 6.45) is 0. The molecule has 1 aliphatic heterocycles. The van der Waals surface area contributed by atoms with Crippen molar-refractivity contribution in [3.63, 3.8) is 0 Å². The highest BCUT2D eigenvalue weighted by atomic mass is 19.1. The molecule has 1 aromatic carbocycles. The Kier molecular flexibility index (Phi) is 1.71. The molecule has 2 amide bonds. The van der Waals surface area contributed by atoms with Crippen molar-refractivity contribution in [2.24, 2.45) is 17.6 Å². The molecule has 2 atom stereocenters. The van der Waals surface area contributed by atoms with Crippen LogP contribution in [0.3, 0.4) is 0 Å². The Morgan fingerprint density at radius 1 is 1.19 bits per heavy atom. The van der Waals surface area contributed by atoms with Gasteiger partial charge in [0, 0.05) is 6.04 Å². The van der Waals surface area contributed by atoms with Gasteiger partial charge in [-0.25, -0.2) is 9.29 Å². The molecule has 2 fully saturated rings. The number of rotatable bonds is 1. The lowest BCUT2D eigenvalue weighted by molar-refractivity contribution is -0.123. The number of hydrogen-bond donors (Lipinski definition) is 1. The van der Waals surface area contributed by atoms with E-state index in [0.717, 1.165) is 4.90 Å². The van der Waals surface area contributed by atoms with Gasteiger partial charge in [0.15, 0.2) is 0 Å². The van der Waals surface area contributed by atoms with Gasteiger partial charge >= 0.3 is 0 Å². The van der Waals surface area contributed by atoms with E-state index in [1.807, 2.05) is 0 Å². The van der Waals surface area contributed by atoms with E-state index >= 15 is 0 Å². The number of amides is 2. The number of piperidine rings is 1. The Labute approximate surface area is 90.8 Å². The highest BCUT2D eigenvalue weighted by Gasteiger charge is 2.66. The number of anilines is 1. The molecule has 2 aliphatic rings. The molecular formula is C11H9FN2O2. The maximum atomic E-state index is 13.0. The van der Waals surface area contributed by atoms with E-state index < -0.39 is 17.7 Å². The average molecular weight is 220 g/mol. The van der Waals surface area contributed by atoms with E-state index in [-0.39, 0.29) is 23.5 Å². The number of carbonyl (C=O) groups excluding carboxylic acids is 2. The molecule has 4 nitrogen and oxygen atoms in total. The fraction of sp³-hybridized carbons (Fsp3) is 0.273. The minimum absolute atomic E-state index is 0.286. The van der Waals surface area contributed by atoms with Crippen LogP contribution >= 0.6 is 0 Å². The SMILES string of the molecule is NC1C2C(=O)N(c3cccc(F)c3)C(=O)C12. The minimum Gasteiger partial charge on any atom is -0.326 e. The van der Waals surface area contributed by atoms with E-state index in [9.17, 15) is 14.0 Å². The molecule has 2 N–H and O–H groups in total. The van der Waals surface area contributed by atoms with Crippen LogP contribution in [0.25, 0.3) is 0 Å². The van der Waals surface area contributed by atoms with Crippen molar-refractivity contribution in [3.8, 4) is 0 Å². The van der Waals surface area contributed by atoms with Crippen LogP contribution in [0.2, 0.25) is 0 Å². The molecule has 1 aliphatic carbocycles.